The first kappa shape index (κ1) is 23.3. The topological polar surface area (TPSA) is 61.4 Å². The van der Waals surface area contributed by atoms with Crippen molar-refractivity contribution >= 4 is 34.9 Å². The number of rotatable bonds is 9. The summed E-state index contributed by atoms with van der Waals surface area (Å²) in [5.41, 5.74) is 1.37. The number of alkyl halides is 3. The second kappa shape index (κ2) is 9.69. The van der Waals surface area contributed by atoms with Crippen molar-refractivity contribution in [2.75, 3.05) is 11.9 Å². The fourth-order valence-electron chi connectivity index (χ4n) is 2.83. The van der Waals surface area contributed by atoms with Crippen LogP contribution in [-0.4, -0.2) is 24.0 Å². The van der Waals surface area contributed by atoms with Crippen molar-refractivity contribution in [1.82, 2.24) is 5.32 Å². The van der Waals surface area contributed by atoms with Gasteiger partial charge in [-0.1, -0.05) is 23.2 Å². The first-order chi connectivity index (χ1) is 13.5. The predicted molar refractivity (Wildman–Crippen MR) is 109 cm³/mol. The van der Waals surface area contributed by atoms with E-state index in [0.717, 1.165) is 0 Å². The molecular formula is C20H21Cl2F3N2O2. The van der Waals surface area contributed by atoms with E-state index in [1.165, 1.54) is 30.3 Å². The fraction of sp³-hybridized carbons (Fsp3) is 0.350. The maximum atomic E-state index is 15.4. The minimum absolute atomic E-state index is 0.0796. The summed E-state index contributed by atoms with van der Waals surface area (Å²) < 4.78 is 43.0. The summed E-state index contributed by atoms with van der Waals surface area (Å²) in [6.07, 6.45) is -3.43. The average molecular weight is 449 g/mol. The van der Waals surface area contributed by atoms with Gasteiger partial charge in [0.05, 0.1) is 6.42 Å². The zero-order valence-electron chi connectivity index (χ0n) is 15.8. The summed E-state index contributed by atoms with van der Waals surface area (Å²) in [5.74, 6) is -4.09. The molecule has 0 spiro atoms. The number of anilines is 1. The van der Waals surface area contributed by atoms with Crippen molar-refractivity contribution in [3.8, 4) is 0 Å². The van der Waals surface area contributed by atoms with Crippen molar-refractivity contribution in [1.29, 1.82) is 0 Å². The lowest BCUT2D eigenvalue weighted by Gasteiger charge is -2.28. The van der Waals surface area contributed by atoms with Crippen LogP contribution in [0.2, 0.25) is 10.0 Å². The quantitative estimate of drug-likeness (QED) is 0.341. The van der Waals surface area contributed by atoms with Gasteiger partial charge in [-0.2, -0.15) is 0 Å². The summed E-state index contributed by atoms with van der Waals surface area (Å²) >= 11 is 12.2. The number of aliphatic carboxylic acids is 1. The number of benzene rings is 2. The lowest BCUT2D eigenvalue weighted by molar-refractivity contribution is -0.136. The Morgan fingerprint density at radius 3 is 2.34 bits per heavy atom. The highest BCUT2D eigenvalue weighted by Gasteiger charge is 2.43. The van der Waals surface area contributed by atoms with E-state index in [0.29, 0.717) is 26.7 Å². The van der Waals surface area contributed by atoms with Gasteiger partial charge in [0.15, 0.2) is 0 Å². The van der Waals surface area contributed by atoms with E-state index in [-0.39, 0.29) is 30.8 Å². The lowest BCUT2D eigenvalue weighted by atomic mass is 9.99. The maximum Gasteiger partial charge on any atom is 0.304 e. The molecule has 0 radical (unpaired) electrons. The molecule has 0 aliphatic carbocycles. The number of carboxylic acid groups (broad SMARTS) is 1. The molecule has 4 nitrogen and oxygen atoms in total. The number of hydrogen-bond donors (Lipinski definition) is 3. The minimum atomic E-state index is -3.35. The third kappa shape index (κ3) is 5.78. The molecular weight excluding hydrogens is 428 g/mol. The minimum Gasteiger partial charge on any atom is -0.481 e. The Balaban J connectivity index is 2.29. The lowest BCUT2D eigenvalue weighted by Crippen LogP contribution is -2.38. The van der Waals surface area contributed by atoms with Crippen molar-refractivity contribution in [3.05, 3.63) is 62.6 Å². The highest BCUT2D eigenvalue weighted by Crippen LogP contribution is 2.37. The van der Waals surface area contributed by atoms with E-state index in [4.69, 9.17) is 28.3 Å². The molecule has 9 heteroatoms. The van der Waals surface area contributed by atoms with Crippen LogP contribution in [0.5, 0.6) is 0 Å². The number of carbonyl (C=O) groups is 1. The van der Waals surface area contributed by atoms with Crippen LogP contribution in [0, 0.1) is 13.8 Å². The highest BCUT2D eigenvalue weighted by molar-refractivity contribution is 6.32. The SMILES string of the molecule is Cc1cc([C@@](F)(Nc2ccc(Cl)c(CNCCC(=O)O)c2)C(F)F)cc(C)c1Cl. The van der Waals surface area contributed by atoms with Gasteiger partial charge in [-0.3, -0.25) is 4.79 Å². The van der Waals surface area contributed by atoms with Crippen LogP contribution in [0.3, 0.4) is 0 Å². The summed E-state index contributed by atoms with van der Waals surface area (Å²) in [5, 5.41) is 14.6. The van der Waals surface area contributed by atoms with Crippen LogP contribution in [0.4, 0.5) is 18.9 Å². The smallest absolute Gasteiger partial charge is 0.304 e. The molecule has 0 bridgehead atoms. The fourth-order valence-corrected chi connectivity index (χ4v) is 3.12. The standard InChI is InChI=1S/C20H21Cl2F3N2O2/c1-11-7-14(8-12(2)18(11)22)20(25,19(23)24)27-15-3-4-16(21)13(9-15)10-26-6-5-17(28)29/h3-4,7-9,19,26-27H,5-6,10H2,1-2H3,(H,28,29)/t20-/m1/s1. The third-order valence-electron chi connectivity index (χ3n) is 4.36. The van der Waals surface area contributed by atoms with Gasteiger partial charge in [0.1, 0.15) is 0 Å². The molecule has 29 heavy (non-hydrogen) atoms. The molecule has 0 aromatic heterocycles. The van der Waals surface area contributed by atoms with Gasteiger partial charge >= 0.3 is 5.97 Å². The molecule has 2 aromatic carbocycles. The predicted octanol–water partition coefficient (Wildman–Crippen LogP) is 5.67. The third-order valence-corrected chi connectivity index (χ3v) is 5.33. The zero-order chi connectivity index (χ0) is 21.8. The summed E-state index contributed by atoms with van der Waals surface area (Å²) in [6, 6.07) is 6.89. The Hall–Kier alpha value is -1.96. The Labute approximate surface area is 177 Å². The van der Waals surface area contributed by atoms with Crippen molar-refractivity contribution in [2.24, 2.45) is 0 Å². The van der Waals surface area contributed by atoms with Crippen molar-refractivity contribution < 1.29 is 23.1 Å². The van der Waals surface area contributed by atoms with Crippen LogP contribution in [-0.2, 0) is 17.1 Å². The number of carboxylic acids is 1. The first-order valence-electron chi connectivity index (χ1n) is 8.78. The van der Waals surface area contributed by atoms with E-state index >= 15 is 4.39 Å². The highest BCUT2D eigenvalue weighted by atomic mass is 35.5. The maximum absolute atomic E-state index is 15.4. The molecule has 0 heterocycles. The molecule has 0 saturated carbocycles. The van der Waals surface area contributed by atoms with Crippen LogP contribution in [0.15, 0.2) is 30.3 Å². The summed E-state index contributed by atoms with van der Waals surface area (Å²) in [6.45, 7) is 3.65. The van der Waals surface area contributed by atoms with Gasteiger partial charge < -0.3 is 15.7 Å². The monoisotopic (exact) mass is 448 g/mol. The first-order valence-corrected chi connectivity index (χ1v) is 9.53. The van der Waals surface area contributed by atoms with E-state index in [9.17, 15) is 13.6 Å². The van der Waals surface area contributed by atoms with Crippen molar-refractivity contribution in [3.63, 3.8) is 0 Å². The van der Waals surface area contributed by atoms with Gasteiger partial charge in [0.25, 0.3) is 12.2 Å². The van der Waals surface area contributed by atoms with Crippen molar-refractivity contribution in [2.45, 2.75) is 39.0 Å². The number of hydrogen-bond acceptors (Lipinski definition) is 3. The second-order valence-electron chi connectivity index (χ2n) is 6.69. The molecule has 2 rings (SSSR count). The molecule has 0 saturated heterocycles. The van der Waals surface area contributed by atoms with Crippen LogP contribution >= 0.6 is 23.2 Å². The molecule has 158 valence electrons. The molecule has 0 amide bonds. The van der Waals surface area contributed by atoms with E-state index in [1.54, 1.807) is 13.8 Å². The molecule has 2 aromatic rings. The zero-order valence-corrected chi connectivity index (χ0v) is 17.3. The molecule has 0 unspecified atom stereocenters. The molecule has 1 atom stereocenters. The second-order valence-corrected chi connectivity index (χ2v) is 7.47. The van der Waals surface area contributed by atoms with Gasteiger partial charge in [-0.25, -0.2) is 13.2 Å². The Bertz CT molecular complexity index is 873. The Morgan fingerprint density at radius 2 is 1.79 bits per heavy atom. The van der Waals surface area contributed by atoms with E-state index in [1.807, 2.05) is 0 Å². The molecule has 3 N–H and O–H groups in total. The van der Waals surface area contributed by atoms with Gasteiger partial charge in [0, 0.05) is 34.4 Å². The molecule has 0 aliphatic heterocycles. The normalized spacial score (nSPS) is 13.4. The van der Waals surface area contributed by atoms with Gasteiger partial charge in [-0.05, 0) is 60.9 Å². The van der Waals surface area contributed by atoms with Gasteiger partial charge in [-0.15, -0.1) is 0 Å². The Kier molecular flexibility index (Phi) is 7.80. The molecule has 0 aliphatic rings. The summed E-state index contributed by atoms with van der Waals surface area (Å²) in [4.78, 5) is 10.6. The van der Waals surface area contributed by atoms with E-state index in [2.05, 4.69) is 10.6 Å². The largest absolute Gasteiger partial charge is 0.481 e. The molecule has 0 fully saturated rings. The van der Waals surface area contributed by atoms with E-state index < -0.39 is 18.2 Å². The average Bonchev–Trinajstić information content (AvgIpc) is 2.64. The number of nitrogens with one attached hydrogen (secondary N) is 2. The van der Waals surface area contributed by atoms with Gasteiger partial charge in [0.2, 0.25) is 0 Å². The van der Waals surface area contributed by atoms with Crippen LogP contribution in [0.1, 0.15) is 28.7 Å². The van der Waals surface area contributed by atoms with Crippen LogP contribution in [0.25, 0.3) is 0 Å². The number of halogens is 5. The Morgan fingerprint density at radius 1 is 1.17 bits per heavy atom. The summed E-state index contributed by atoms with van der Waals surface area (Å²) in [7, 11) is 0. The number of aryl methyl sites for hydroxylation is 2. The van der Waals surface area contributed by atoms with Crippen LogP contribution < -0.4 is 10.6 Å².